The van der Waals surface area contributed by atoms with E-state index in [2.05, 4.69) is 10.3 Å². The quantitative estimate of drug-likeness (QED) is 0.858. The molecule has 0 saturated heterocycles. The standard InChI is InChI=1S/C16H24N2O2S/c1-16(2,3)20-15(19)18-13-8-7-12(10-13)11-21-14-6-4-5-9-17-14/h4-6,9,12-13H,7-8,10-11H2,1-3H3,(H,18,19)/t12-,13+/m1/s1. The zero-order valence-corrected chi connectivity index (χ0v) is 13.8. The third kappa shape index (κ3) is 5.96. The van der Waals surface area contributed by atoms with Gasteiger partial charge in [-0.1, -0.05) is 6.07 Å². The van der Waals surface area contributed by atoms with Crippen molar-refractivity contribution in [3.05, 3.63) is 24.4 Å². The molecule has 21 heavy (non-hydrogen) atoms. The van der Waals surface area contributed by atoms with Gasteiger partial charge in [-0.2, -0.15) is 0 Å². The largest absolute Gasteiger partial charge is 0.444 e. The number of hydrogen-bond donors (Lipinski definition) is 1. The van der Waals surface area contributed by atoms with E-state index >= 15 is 0 Å². The molecule has 0 bridgehead atoms. The Morgan fingerprint density at radius 2 is 2.24 bits per heavy atom. The number of carbonyl (C=O) groups is 1. The van der Waals surface area contributed by atoms with Crippen LogP contribution in [0.15, 0.2) is 29.4 Å². The summed E-state index contributed by atoms with van der Waals surface area (Å²) in [5, 5.41) is 4.05. The van der Waals surface area contributed by atoms with Gasteiger partial charge in [0.2, 0.25) is 0 Å². The Labute approximate surface area is 131 Å². The molecule has 0 aliphatic heterocycles. The number of amides is 1. The van der Waals surface area contributed by atoms with E-state index in [1.54, 1.807) is 11.8 Å². The second-order valence-electron chi connectivity index (χ2n) is 6.50. The molecule has 2 rings (SSSR count). The van der Waals surface area contributed by atoms with Crippen LogP contribution in [0.3, 0.4) is 0 Å². The first-order valence-corrected chi connectivity index (χ1v) is 8.44. The summed E-state index contributed by atoms with van der Waals surface area (Å²) in [7, 11) is 0. The summed E-state index contributed by atoms with van der Waals surface area (Å²) in [5.74, 6) is 1.70. The van der Waals surface area contributed by atoms with E-state index in [-0.39, 0.29) is 12.1 Å². The molecule has 1 heterocycles. The molecule has 1 aliphatic rings. The van der Waals surface area contributed by atoms with Crippen LogP contribution in [0, 0.1) is 5.92 Å². The fourth-order valence-corrected chi connectivity index (χ4v) is 3.49. The van der Waals surface area contributed by atoms with E-state index < -0.39 is 5.60 Å². The Hall–Kier alpha value is -1.23. The normalized spacial score (nSPS) is 22.0. The maximum Gasteiger partial charge on any atom is 0.407 e. The highest BCUT2D eigenvalue weighted by Crippen LogP contribution is 2.30. The van der Waals surface area contributed by atoms with Crippen molar-refractivity contribution in [1.29, 1.82) is 0 Å². The van der Waals surface area contributed by atoms with Gasteiger partial charge >= 0.3 is 6.09 Å². The highest BCUT2D eigenvalue weighted by atomic mass is 32.2. The minimum atomic E-state index is -0.434. The SMILES string of the molecule is CC(C)(C)OC(=O)N[C@H]1CC[C@@H](CSc2ccccn2)C1. The molecule has 1 aromatic rings. The molecule has 1 saturated carbocycles. The van der Waals surface area contributed by atoms with Gasteiger partial charge in [-0.05, 0) is 58.1 Å². The monoisotopic (exact) mass is 308 g/mol. The minimum absolute atomic E-state index is 0.245. The van der Waals surface area contributed by atoms with Crippen molar-refractivity contribution in [3.63, 3.8) is 0 Å². The van der Waals surface area contributed by atoms with Crippen LogP contribution in [0.1, 0.15) is 40.0 Å². The summed E-state index contributed by atoms with van der Waals surface area (Å²) in [5.41, 5.74) is -0.434. The number of rotatable bonds is 4. The second-order valence-corrected chi connectivity index (χ2v) is 7.54. The van der Waals surface area contributed by atoms with Crippen LogP contribution in [0.2, 0.25) is 0 Å². The number of nitrogens with one attached hydrogen (secondary N) is 1. The number of carbonyl (C=O) groups excluding carboxylic acids is 1. The molecule has 4 nitrogen and oxygen atoms in total. The van der Waals surface area contributed by atoms with Gasteiger partial charge in [0, 0.05) is 18.0 Å². The Bertz CT molecular complexity index is 459. The molecule has 1 aliphatic carbocycles. The molecule has 5 heteroatoms. The topological polar surface area (TPSA) is 51.2 Å². The highest BCUT2D eigenvalue weighted by molar-refractivity contribution is 7.99. The summed E-state index contributed by atoms with van der Waals surface area (Å²) in [6.45, 7) is 5.65. The predicted molar refractivity (Wildman–Crippen MR) is 85.5 cm³/mol. The molecule has 2 atom stereocenters. The number of hydrogen-bond acceptors (Lipinski definition) is 4. The smallest absolute Gasteiger partial charge is 0.407 e. The molecule has 1 N–H and O–H groups in total. The lowest BCUT2D eigenvalue weighted by Gasteiger charge is -2.21. The van der Waals surface area contributed by atoms with Gasteiger partial charge in [-0.25, -0.2) is 9.78 Å². The molecular weight excluding hydrogens is 284 g/mol. The van der Waals surface area contributed by atoms with Crippen LogP contribution in [-0.2, 0) is 4.74 Å². The van der Waals surface area contributed by atoms with Gasteiger partial charge in [0.05, 0.1) is 5.03 Å². The van der Waals surface area contributed by atoms with Crippen LogP contribution < -0.4 is 5.32 Å². The van der Waals surface area contributed by atoms with E-state index in [4.69, 9.17) is 4.74 Å². The van der Waals surface area contributed by atoms with Crippen molar-refractivity contribution >= 4 is 17.9 Å². The zero-order chi connectivity index (χ0) is 15.3. The van der Waals surface area contributed by atoms with Gasteiger partial charge in [0.15, 0.2) is 0 Å². The van der Waals surface area contributed by atoms with Crippen LogP contribution in [0.25, 0.3) is 0 Å². The van der Waals surface area contributed by atoms with Gasteiger partial charge < -0.3 is 10.1 Å². The van der Waals surface area contributed by atoms with Crippen molar-refractivity contribution in [1.82, 2.24) is 10.3 Å². The number of aromatic nitrogens is 1. The summed E-state index contributed by atoms with van der Waals surface area (Å²) in [6, 6.07) is 6.22. The number of nitrogens with zero attached hydrogens (tertiary/aromatic N) is 1. The second kappa shape index (κ2) is 7.16. The summed E-state index contributed by atoms with van der Waals surface area (Å²) in [4.78, 5) is 16.1. The maximum absolute atomic E-state index is 11.8. The van der Waals surface area contributed by atoms with E-state index in [1.165, 1.54) is 0 Å². The fourth-order valence-electron chi connectivity index (χ4n) is 2.47. The van der Waals surface area contributed by atoms with E-state index in [9.17, 15) is 4.79 Å². The van der Waals surface area contributed by atoms with Gasteiger partial charge in [0.1, 0.15) is 5.60 Å². The number of ether oxygens (including phenoxy) is 1. The lowest BCUT2D eigenvalue weighted by molar-refractivity contribution is 0.0505. The number of thioether (sulfide) groups is 1. The summed E-state index contributed by atoms with van der Waals surface area (Å²) >= 11 is 1.79. The van der Waals surface area contributed by atoms with E-state index in [1.807, 2.05) is 45.2 Å². The molecule has 0 radical (unpaired) electrons. The van der Waals surface area contributed by atoms with Crippen LogP contribution in [0.5, 0.6) is 0 Å². The van der Waals surface area contributed by atoms with Crippen molar-refractivity contribution in [3.8, 4) is 0 Å². The molecule has 0 spiro atoms. The molecular formula is C16H24N2O2S. The Morgan fingerprint density at radius 3 is 2.90 bits per heavy atom. The van der Waals surface area contributed by atoms with E-state index in [0.29, 0.717) is 5.92 Å². The minimum Gasteiger partial charge on any atom is -0.444 e. The molecule has 116 valence electrons. The van der Waals surface area contributed by atoms with Crippen molar-refractivity contribution in [2.75, 3.05) is 5.75 Å². The lowest BCUT2D eigenvalue weighted by atomic mass is 10.1. The van der Waals surface area contributed by atoms with Crippen molar-refractivity contribution in [2.45, 2.75) is 56.7 Å². The molecule has 1 fully saturated rings. The van der Waals surface area contributed by atoms with Gasteiger partial charge in [-0.3, -0.25) is 0 Å². The first kappa shape index (κ1) is 16.1. The summed E-state index contributed by atoms with van der Waals surface area (Å²) < 4.78 is 5.30. The average molecular weight is 308 g/mol. The Morgan fingerprint density at radius 1 is 1.43 bits per heavy atom. The Kier molecular flexibility index (Phi) is 5.51. The zero-order valence-electron chi connectivity index (χ0n) is 13.0. The summed E-state index contributed by atoms with van der Waals surface area (Å²) in [6.07, 6.45) is 4.74. The fraction of sp³-hybridized carbons (Fsp3) is 0.625. The third-order valence-corrected chi connectivity index (χ3v) is 4.54. The van der Waals surface area contributed by atoms with Gasteiger partial charge in [-0.15, -0.1) is 11.8 Å². The van der Waals surface area contributed by atoms with Gasteiger partial charge in [0.25, 0.3) is 0 Å². The number of alkyl carbamates (subject to hydrolysis) is 1. The first-order valence-electron chi connectivity index (χ1n) is 7.46. The predicted octanol–water partition coefficient (Wildman–Crippen LogP) is 3.87. The molecule has 1 aromatic heterocycles. The van der Waals surface area contributed by atoms with Crippen LogP contribution in [-0.4, -0.2) is 28.5 Å². The maximum atomic E-state index is 11.8. The molecule has 1 amide bonds. The van der Waals surface area contributed by atoms with Crippen LogP contribution in [0.4, 0.5) is 4.79 Å². The third-order valence-electron chi connectivity index (χ3n) is 3.37. The van der Waals surface area contributed by atoms with Crippen molar-refractivity contribution in [2.24, 2.45) is 5.92 Å². The Balaban J connectivity index is 1.70. The first-order chi connectivity index (χ1) is 9.92. The average Bonchev–Trinajstić information content (AvgIpc) is 2.83. The van der Waals surface area contributed by atoms with E-state index in [0.717, 1.165) is 30.0 Å². The highest BCUT2D eigenvalue weighted by Gasteiger charge is 2.27. The lowest BCUT2D eigenvalue weighted by Crippen LogP contribution is -2.38. The number of pyridine rings is 1. The van der Waals surface area contributed by atoms with Crippen LogP contribution >= 0.6 is 11.8 Å². The molecule has 0 aromatic carbocycles. The van der Waals surface area contributed by atoms with Crippen molar-refractivity contribution < 1.29 is 9.53 Å². The molecule has 0 unspecified atom stereocenters.